The van der Waals surface area contributed by atoms with Crippen molar-refractivity contribution >= 4 is 11.3 Å². The molecule has 4 nitrogen and oxygen atoms in total. The van der Waals surface area contributed by atoms with Crippen LogP contribution in [0, 0.1) is 0 Å². The Bertz CT molecular complexity index is 611. The first-order valence-corrected chi connectivity index (χ1v) is 8.43. The van der Waals surface area contributed by atoms with Crippen LogP contribution in [0.4, 0.5) is 0 Å². The summed E-state index contributed by atoms with van der Waals surface area (Å²) < 4.78 is 2.31. The number of hydrogen-bond acceptors (Lipinski definition) is 4. The van der Waals surface area contributed by atoms with Crippen molar-refractivity contribution in [1.82, 2.24) is 19.9 Å². The fourth-order valence-corrected chi connectivity index (χ4v) is 4.32. The lowest BCUT2D eigenvalue weighted by Gasteiger charge is -2.21. The maximum atomic E-state index is 4.91. The lowest BCUT2D eigenvalue weighted by molar-refractivity contribution is 0.476. The van der Waals surface area contributed by atoms with Crippen LogP contribution in [0.3, 0.4) is 0 Å². The van der Waals surface area contributed by atoms with Crippen LogP contribution in [0.25, 0.3) is 10.7 Å². The second-order valence-electron chi connectivity index (χ2n) is 5.75. The normalized spacial score (nSPS) is 21.9. The van der Waals surface area contributed by atoms with E-state index in [0.717, 1.165) is 18.0 Å². The third-order valence-corrected chi connectivity index (χ3v) is 5.46. The van der Waals surface area contributed by atoms with E-state index in [9.17, 15) is 0 Å². The summed E-state index contributed by atoms with van der Waals surface area (Å²) in [5.41, 5.74) is 2.52. The summed E-state index contributed by atoms with van der Waals surface area (Å²) >= 11 is 1.87. The van der Waals surface area contributed by atoms with E-state index >= 15 is 0 Å². The first-order valence-electron chi connectivity index (χ1n) is 7.62. The van der Waals surface area contributed by atoms with Gasteiger partial charge in [0.25, 0.3) is 0 Å². The molecule has 1 atom stereocenters. The number of aromatic nitrogens is 3. The molecule has 2 heterocycles. The Balaban J connectivity index is 1.71. The van der Waals surface area contributed by atoms with Crippen LogP contribution in [0.15, 0.2) is 12.5 Å². The summed E-state index contributed by atoms with van der Waals surface area (Å²) in [6.45, 7) is 3.20. The molecular weight excluding hydrogens is 268 g/mol. The van der Waals surface area contributed by atoms with Crippen LogP contribution in [0.1, 0.15) is 55.3 Å². The van der Waals surface area contributed by atoms with Crippen molar-refractivity contribution < 1.29 is 0 Å². The van der Waals surface area contributed by atoms with Crippen LogP contribution >= 0.6 is 11.3 Å². The van der Waals surface area contributed by atoms with Crippen LogP contribution in [-0.2, 0) is 6.42 Å². The molecule has 0 spiro atoms. The molecule has 1 fully saturated rings. The van der Waals surface area contributed by atoms with Gasteiger partial charge in [0.2, 0.25) is 0 Å². The highest BCUT2D eigenvalue weighted by molar-refractivity contribution is 7.15. The molecule has 5 heteroatoms. The highest BCUT2D eigenvalue weighted by atomic mass is 32.1. The van der Waals surface area contributed by atoms with Crippen molar-refractivity contribution in [3.8, 4) is 10.7 Å². The predicted octanol–water partition coefficient (Wildman–Crippen LogP) is 3.33. The Morgan fingerprint density at radius 1 is 1.40 bits per heavy atom. The first kappa shape index (κ1) is 12.5. The van der Waals surface area contributed by atoms with E-state index in [0.29, 0.717) is 12.1 Å². The minimum atomic E-state index is 0.507. The van der Waals surface area contributed by atoms with E-state index < -0.39 is 0 Å². The topological polar surface area (TPSA) is 42.7 Å². The summed E-state index contributed by atoms with van der Waals surface area (Å²) in [5, 5.41) is 4.75. The van der Waals surface area contributed by atoms with Gasteiger partial charge in [-0.05, 0) is 38.6 Å². The van der Waals surface area contributed by atoms with Gasteiger partial charge in [-0.15, -0.1) is 11.3 Å². The third kappa shape index (κ3) is 2.09. The molecule has 106 valence electrons. The smallest absolute Gasteiger partial charge is 0.142 e. The Kier molecular flexibility index (Phi) is 3.11. The fourth-order valence-electron chi connectivity index (χ4n) is 3.08. The Hall–Kier alpha value is -1.20. The minimum absolute atomic E-state index is 0.507. The summed E-state index contributed by atoms with van der Waals surface area (Å²) in [5.74, 6) is 0. The van der Waals surface area contributed by atoms with Gasteiger partial charge in [-0.2, -0.15) is 0 Å². The molecule has 20 heavy (non-hydrogen) atoms. The van der Waals surface area contributed by atoms with Crippen molar-refractivity contribution in [2.45, 2.75) is 51.1 Å². The molecule has 4 rings (SSSR count). The Morgan fingerprint density at radius 3 is 3.10 bits per heavy atom. The van der Waals surface area contributed by atoms with Crippen molar-refractivity contribution in [3.63, 3.8) is 0 Å². The van der Waals surface area contributed by atoms with Gasteiger partial charge in [0.05, 0.1) is 23.9 Å². The zero-order valence-electron chi connectivity index (χ0n) is 11.8. The number of nitrogens with one attached hydrogen (secondary N) is 1. The lowest BCUT2D eigenvalue weighted by atomic mass is 9.98. The van der Waals surface area contributed by atoms with Crippen molar-refractivity contribution in [1.29, 1.82) is 0 Å². The van der Waals surface area contributed by atoms with Crippen LogP contribution < -0.4 is 5.32 Å². The summed E-state index contributed by atoms with van der Waals surface area (Å²) in [7, 11) is 0. The lowest BCUT2D eigenvalue weighted by Crippen LogP contribution is -2.23. The SMILES string of the molecule is CCNC1CCCc2nc(-c3cncn3C3CC3)sc21. The molecule has 0 radical (unpaired) electrons. The number of fused-ring (bicyclic) bond motifs is 1. The highest BCUT2D eigenvalue weighted by Crippen LogP contribution is 2.41. The van der Waals surface area contributed by atoms with Crippen LogP contribution in [-0.4, -0.2) is 21.1 Å². The molecule has 1 N–H and O–H groups in total. The molecule has 0 saturated heterocycles. The van der Waals surface area contributed by atoms with E-state index in [4.69, 9.17) is 4.98 Å². The third-order valence-electron chi connectivity index (χ3n) is 4.23. The first-order chi connectivity index (χ1) is 9.86. The van der Waals surface area contributed by atoms with Gasteiger partial charge in [0, 0.05) is 17.0 Å². The van der Waals surface area contributed by atoms with Crippen molar-refractivity contribution in [3.05, 3.63) is 23.1 Å². The zero-order chi connectivity index (χ0) is 13.5. The number of aryl methyl sites for hydroxylation is 1. The molecule has 2 aliphatic rings. The van der Waals surface area contributed by atoms with E-state index in [1.54, 1.807) is 0 Å². The summed E-state index contributed by atoms with van der Waals surface area (Å²) in [6, 6.07) is 1.17. The van der Waals surface area contributed by atoms with Gasteiger partial charge in [-0.25, -0.2) is 9.97 Å². The fraction of sp³-hybridized carbons (Fsp3) is 0.600. The summed E-state index contributed by atoms with van der Waals surface area (Å²) in [6.07, 6.45) is 10.1. The van der Waals surface area contributed by atoms with E-state index in [-0.39, 0.29) is 0 Å². The monoisotopic (exact) mass is 288 g/mol. The minimum Gasteiger partial charge on any atom is -0.326 e. The van der Waals surface area contributed by atoms with Crippen LogP contribution in [0.2, 0.25) is 0 Å². The van der Waals surface area contributed by atoms with Gasteiger partial charge in [0.1, 0.15) is 5.01 Å². The molecule has 2 aliphatic carbocycles. The molecule has 1 saturated carbocycles. The number of rotatable bonds is 4. The molecule has 0 bridgehead atoms. The van der Waals surface area contributed by atoms with E-state index in [2.05, 4.69) is 21.8 Å². The van der Waals surface area contributed by atoms with E-state index in [1.165, 1.54) is 41.9 Å². The molecule has 0 amide bonds. The molecule has 0 aromatic carbocycles. The number of nitrogens with zero attached hydrogens (tertiary/aromatic N) is 3. The standard InChI is InChI=1S/C15H20N4S/c1-2-17-11-4-3-5-12-14(11)20-15(18-12)13-8-16-9-19(13)10-6-7-10/h8-11,17H,2-7H2,1H3. The largest absolute Gasteiger partial charge is 0.326 e. The zero-order valence-corrected chi connectivity index (χ0v) is 12.6. The van der Waals surface area contributed by atoms with Gasteiger partial charge >= 0.3 is 0 Å². The van der Waals surface area contributed by atoms with Crippen LogP contribution in [0.5, 0.6) is 0 Å². The molecule has 2 aromatic rings. The van der Waals surface area contributed by atoms with Gasteiger partial charge in [0.15, 0.2) is 0 Å². The summed E-state index contributed by atoms with van der Waals surface area (Å²) in [4.78, 5) is 10.7. The average Bonchev–Trinajstić information content (AvgIpc) is 3.03. The average molecular weight is 288 g/mol. The van der Waals surface area contributed by atoms with Crippen molar-refractivity contribution in [2.75, 3.05) is 6.54 Å². The highest BCUT2D eigenvalue weighted by Gasteiger charge is 2.29. The van der Waals surface area contributed by atoms with Crippen molar-refractivity contribution in [2.24, 2.45) is 0 Å². The molecule has 2 aromatic heterocycles. The van der Waals surface area contributed by atoms with Gasteiger partial charge in [-0.3, -0.25) is 0 Å². The van der Waals surface area contributed by atoms with E-state index in [1.807, 2.05) is 23.9 Å². The molecular formula is C15H20N4S. The number of imidazole rings is 1. The van der Waals surface area contributed by atoms with Gasteiger partial charge < -0.3 is 9.88 Å². The number of hydrogen-bond donors (Lipinski definition) is 1. The van der Waals surface area contributed by atoms with Gasteiger partial charge in [-0.1, -0.05) is 6.92 Å². The second-order valence-corrected chi connectivity index (χ2v) is 6.78. The molecule has 1 unspecified atom stereocenters. The maximum Gasteiger partial charge on any atom is 0.142 e. The predicted molar refractivity (Wildman–Crippen MR) is 81.0 cm³/mol. The molecule has 0 aliphatic heterocycles. The second kappa shape index (κ2) is 4.97. The Labute approximate surface area is 123 Å². The number of thiazole rings is 1. The quantitative estimate of drug-likeness (QED) is 0.938. The Morgan fingerprint density at radius 2 is 2.30 bits per heavy atom. The maximum absolute atomic E-state index is 4.91.